The lowest BCUT2D eigenvalue weighted by Gasteiger charge is -2.29. The Hall–Kier alpha value is -3.36. The molecule has 1 saturated heterocycles. The predicted octanol–water partition coefficient (Wildman–Crippen LogP) is 3.05. The van der Waals surface area contributed by atoms with E-state index in [1.165, 1.54) is 16.0 Å². The Morgan fingerprint density at radius 3 is 2.37 bits per heavy atom. The maximum atomic E-state index is 13.1. The zero-order chi connectivity index (χ0) is 21.4. The maximum absolute atomic E-state index is 13.1. The molecule has 3 amide bonds. The average molecular weight is 439 g/mol. The fraction of sp³-hybridized carbons (Fsp3) is 0.0952. The molecule has 30 heavy (non-hydrogen) atoms. The molecular weight excluding hydrogens is 424 g/mol. The third-order valence-electron chi connectivity index (χ3n) is 4.70. The van der Waals surface area contributed by atoms with Crippen LogP contribution in [0.2, 0.25) is 5.02 Å². The van der Waals surface area contributed by atoms with Crippen LogP contribution in [0.15, 0.2) is 71.3 Å². The molecule has 7 nitrogen and oxygen atoms in total. The molecule has 150 valence electrons. The summed E-state index contributed by atoms with van der Waals surface area (Å²) in [6.07, 6.45) is 1.34. The van der Waals surface area contributed by atoms with E-state index in [2.05, 4.69) is 10.4 Å². The molecule has 2 aromatic rings. The Balaban J connectivity index is 1.67. The second kappa shape index (κ2) is 7.81. The minimum Gasteiger partial charge on any atom is -0.298 e. The van der Waals surface area contributed by atoms with E-state index < -0.39 is 17.7 Å². The molecule has 0 spiro atoms. The first-order valence-electron chi connectivity index (χ1n) is 8.98. The van der Waals surface area contributed by atoms with E-state index in [9.17, 15) is 14.4 Å². The number of thiocarbonyl (C=S) groups is 1. The Morgan fingerprint density at radius 2 is 1.70 bits per heavy atom. The summed E-state index contributed by atoms with van der Waals surface area (Å²) >= 11 is 11.1. The van der Waals surface area contributed by atoms with Gasteiger partial charge >= 0.3 is 0 Å². The van der Waals surface area contributed by atoms with Crippen LogP contribution in [0.25, 0.3) is 0 Å². The van der Waals surface area contributed by atoms with Crippen LogP contribution >= 0.6 is 23.8 Å². The number of carbonyl (C=O) groups is 3. The molecule has 0 aromatic heterocycles. The molecule has 1 N–H and O–H groups in total. The third kappa shape index (κ3) is 3.51. The van der Waals surface area contributed by atoms with E-state index in [-0.39, 0.29) is 16.6 Å². The highest BCUT2D eigenvalue weighted by Gasteiger charge is 2.39. The van der Waals surface area contributed by atoms with Gasteiger partial charge in [0, 0.05) is 5.02 Å². The smallest absolute Gasteiger partial charge is 0.269 e. The zero-order valence-corrected chi connectivity index (χ0v) is 17.3. The maximum Gasteiger partial charge on any atom is 0.269 e. The minimum atomic E-state index is -0.839. The topological polar surface area (TPSA) is 82.1 Å². The van der Waals surface area contributed by atoms with Crippen LogP contribution in [0, 0.1) is 5.92 Å². The van der Waals surface area contributed by atoms with Gasteiger partial charge in [-0.05, 0) is 61.6 Å². The van der Waals surface area contributed by atoms with Crippen molar-refractivity contribution in [1.29, 1.82) is 0 Å². The lowest BCUT2D eigenvalue weighted by atomic mass is 9.98. The second-order valence-electron chi connectivity index (χ2n) is 6.66. The van der Waals surface area contributed by atoms with Gasteiger partial charge in [-0.1, -0.05) is 29.8 Å². The number of carbonyl (C=O) groups excluding carboxylic acids is 3. The van der Waals surface area contributed by atoms with Gasteiger partial charge in [0.05, 0.1) is 23.0 Å². The quantitative estimate of drug-likeness (QED) is 0.453. The van der Waals surface area contributed by atoms with E-state index in [4.69, 9.17) is 23.8 Å². The van der Waals surface area contributed by atoms with Gasteiger partial charge in [0.25, 0.3) is 17.7 Å². The van der Waals surface area contributed by atoms with Crippen LogP contribution in [0.5, 0.6) is 0 Å². The van der Waals surface area contributed by atoms with Gasteiger partial charge in [0.1, 0.15) is 5.57 Å². The number of benzene rings is 2. The van der Waals surface area contributed by atoms with Crippen LogP contribution in [0.1, 0.15) is 6.92 Å². The molecule has 0 radical (unpaired) electrons. The van der Waals surface area contributed by atoms with Crippen LogP contribution in [0.4, 0.5) is 11.4 Å². The van der Waals surface area contributed by atoms with Crippen molar-refractivity contribution < 1.29 is 14.4 Å². The van der Waals surface area contributed by atoms with E-state index in [0.29, 0.717) is 22.1 Å². The molecule has 2 aliphatic heterocycles. The fourth-order valence-electron chi connectivity index (χ4n) is 3.19. The van der Waals surface area contributed by atoms with Gasteiger partial charge in [-0.15, -0.1) is 0 Å². The number of hydrogen-bond donors (Lipinski definition) is 1. The molecular formula is C21H15ClN4O3S. The molecule has 0 unspecified atom stereocenters. The van der Waals surface area contributed by atoms with Crippen molar-refractivity contribution in [2.24, 2.45) is 11.0 Å². The highest BCUT2D eigenvalue weighted by molar-refractivity contribution is 7.80. The van der Waals surface area contributed by atoms with Crippen molar-refractivity contribution in [3.05, 3.63) is 71.3 Å². The SMILES string of the molecule is CC1=NN(c2ccccc2)C(=O)[C@@H]1/C=C1/C(=O)NC(=S)N(c2ccc(Cl)cc2)C1=O. The second-order valence-corrected chi connectivity index (χ2v) is 7.48. The van der Waals surface area contributed by atoms with Gasteiger partial charge in [-0.3, -0.25) is 24.6 Å². The average Bonchev–Trinajstić information content (AvgIpc) is 3.01. The number of amides is 3. The summed E-state index contributed by atoms with van der Waals surface area (Å²) < 4.78 is 0. The summed E-state index contributed by atoms with van der Waals surface area (Å²) in [7, 11) is 0. The molecule has 0 aliphatic carbocycles. The molecule has 0 saturated carbocycles. The molecule has 2 aromatic carbocycles. The number of rotatable bonds is 3. The van der Waals surface area contributed by atoms with E-state index >= 15 is 0 Å². The zero-order valence-electron chi connectivity index (χ0n) is 15.7. The van der Waals surface area contributed by atoms with Crippen molar-refractivity contribution in [1.82, 2.24) is 5.32 Å². The molecule has 9 heteroatoms. The van der Waals surface area contributed by atoms with Gasteiger partial charge in [-0.25, -0.2) is 0 Å². The summed E-state index contributed by atoms with van der Waals surface area (Å²) in [6.45, 7) is 1.68. The molecule has 1 fully saturated rings. The summed E-state index contributed by atoms with van der Waals surface area (Å²) in [5, 5.41) is 8.52. The number of halogens is 1. The monoisotopic (exact) mass is 438 g/mol. The highest BCUT2D eigenvalue weighted by Crippen LogP contribution is 2.27. The summed E-state index contributed by atoms with van der Waals surface area (Å²) in [5.41, 5.74) is 1.35. The standard InChI is InChI=1S/C21H15ClN4O3S/c1-12-16(20(29)26(24-12)15-5-3-2-4-6-15)11-17-18(27)23-21(30)25(19(17)28)14-9-7-13(22)8-10-14/h2-11,16H,1H3,(H,23,27,30)/b17-11-/t16-/m1/s1. The summed E-state index contributed by atoms with van der Waals surface area (Å²) in [6, 6.07) is 15.4. The van der Waals surface area contributed by atoms with Crippen LogP contribution in [0.3, 0.4) is 0 Å². The first kappa shape index (κ1) is 19.9. The van der Waals surface area contributed by atoms with Gasteiger partial charge in [0.15, 0.2) is 5.11 Å². The molecule has 0 bridgehead atoms. The number of hydrogen-bond acceptors (Lipinski definition) is 5. The van der Waals surface area contributed by atoms with Gasteiger partial charge < -0.3 is 0 Å². The van der Waals surface area contributed by atoms with Crippen molar-refractivity contribution in [3.8, 4) is 0 Å². The fourth-order valence-corrected chi connectivity index (χ4v) is 3.60. The summed E-state index contributed by atoms with van der Waals surface area (Å²) in [4.78, 5) is 39.7. The summed E-state index contributed by atoms with van der Waals surface area (Å²) in [5.74, 6) is -2.47. The molecule has 2 aliphatic rings. The molecule has 2 heterocycles. The normalized spacial score (nSPS) is 20.7. The number of nitrogens with one attached hydrogen (secondary N) is 1. The van der Waals surface area contributed by atoms with E-state index in [1.807, 2.05) is 6.07 Å². The number of anilines is 2. The van der Waals surface area contributed by atoms with Crippen molar-refractivity contribution in [2.75, 3.05) is 9.91 Å². The lowest BCUT2D eigenvalue weighted by molar-refractivity contribution is -0.122. The van der Waals surface area contributed by atoms with Gasteiger partial charge in [0.2, 0.25) is 0 Å². The number of nitrogens with zero attached hydrogens (tertiary/aromatic N) is 3. The highest BCUT2D eigenvalue weighted by atomic mass is 35.5. The van der Waals surface area contributed by atoms with Crippen molar-refractivity contribution in [2.45, 2.75) is 6.92 Å². The number of para-hydroxylation sites is 1. The Bertz CT molecular complexity index is 1130. The number of hydrazone groups is 1. The van der Waals surface area contributed by atoms with Gasteiger partial charge in [-0.2, -0.15) is 10.1 Å². The Kier molecular flexibility index (Phi) is 5.19. The Morgan fingerprint density at radius 1 is 1.03 bits per heavy atom. The first-order valence-corrected chi connectivity index (χ1v) is 9.76. The lowest BCUT2D eigenvalue weighted by Crippen LogP contribution is -2.54. The van der Waals surface area contributed by atoms with Crippen LogP contribution < -0.4 is 15.2 Å². The van der Waals surface area contributed by atoms with E-state index in [0.717, 1.165) is 0 Å². The largest absolute Gasteiger partial charge is 0.298 e. The van der Waals surface area contributed by atoms with Crippen LogP contribution in [-0.4, -0.2) is 28.5 Å². The third-order valence-corrected chi connectivity index (χ3v) is 5.24. The Labute approximate surface area is 182 Å². The molecule has 1 atom stereocenters. The predicted molar refractivity (Wildman–Crippen MR) is 118 cm³/mol. The first-order chi connectivity index (χ1) is 14.4. The van der Waals surface area contributed by atoms with Crippen molar-refractivity contribution >= 4 is 63.7 Å². The van der Waals surface area contributed by atoms with Crippen LogP contribution in [-0.2, 0) is 14.4 Å². The van der Waals surface area contributed by atoms with E-state index in [1.54, 1.807) is 55.5 Å². The van der Waals surface area contributed by atoms with Crippen molar-refractivity contribution in [3.63, 3.8) is 0 Å². The molecule has 4 rings (SSSR count). The minimum absolute atomic E-state index is 0.0430.